The molecule has 1 unspecified atom stereocenters. The molecule has 23 heavy (non-hydrogen) atoms. The number of aromatic amines is 1. The number of sulfone groups is 1. The number of nitrogens with one attached hydrogen (secondary N) is 1. The molecule has 0 aliphatic carbocycles. The number of benzene rings is 1. The third-order valence-electron chi connectivity index (χ3n) is 4.20. The highest BCUT2D eigenvalue weighted by molar-refractivity contribution is 7.91. The summed E-state index contributed by atoms with van der Waals surface area (Å²) >= 11 is 5.31. The highest BCUT2D eigenvalue weighted by atomic mass is 32.2. The van der Waals surface area contributed by atoms with E-state index in [1.807, 2.05) is 43.1 Å². The highest BCUT2D eigenvalue weighted by Gasteiger charge is 2.30. The number of H-pyrrole nitrogens is 1. The monoisotopic (exact) mass is 352 g/mol. The van der Waals surface area contributed by atoms with E-state index in [4.69, 9.17) is 12.2 Å². The summed E-state index contributed by atoms with van der Waals surface area (Å²) < 4.78 is 25.5. The van der Waals surface area contributed by atoms with Crippen molar-refractivity contribution in [1.82, 2.24) is 19.7 Å². The van der Waals surface area contributed by atoms with E-state index < -0.39 is 9.84 Å². The van der Waals surface area contributed by atoms with Crippen LogP contribution in [0.1, 0.15) is 12.0 Å². The predicted molar refractivity (Wildman–Crippen MR) is 92.4 cm³/mol. The van der Waals surface area contributed by atoms with Crippen LogP contribution in [-0.2, 0) is 16.5 Å². The van der Waals surface area contributed by atoms with Crippen molar-refractivity contribution in [2.45, 2.75) is 26.1 Å². The fourth-order valence-electron chi connectivity index (χ4n) is 2.75. The van der Waals surface area contributed by atoms with Crippen molar-refractivity contribution >= 4 is 22.1 Å². The molecular formula is C15H20N4O2S2. The van der Waals surface area contributed by atoms with Gasteiger partial charge in [0.25, 0.3) is 0 Å². The first-order chi connectivity index (χ1) is 10.8. The number of aryl methyl sites for hydroxylation is 1. The normalized spacial score (nSPS) is 20.2. The van der Waals surface area contributed by atoms with Gasteiger partial charge in [0.05, 0.1) is 18.2 Å². The molecule has 1 atom stereocenters. The Labute approximate surface area is 141 Å². The fourth-order valence-corrected chi connectivity index (χ4v) is 4.75. The molecule has 0 bridgehead atoms. The maximum Gasteiger partial charge on any atom is 0.217 e. The van der Waals surface area contributed by atoms with Gasteiger partial charge < -0.3 is 0 Å². The molecule has 1 saturated heterocycles. The van der Waals surface area contributed by atoms with Crippen molar-refractivity contribution in [3.63, 3.8) is 0 Å². The fraction of sp³-hybridized carbons (Fsp3) is 0.467. The maximum atomic E-state index is 11.6. The van der Waals surface area contributed by atoms with Gasteiger partial charge in [0, 0.05) is 11.6 Å². The number of hydrogen-bond donors (Lipinski definition) is 1. The second kappa shape index (κ2) is 6.18. The summed E-state index contributed by atoms with van der Waals surface area (Å²) in [5.41, 5.74) is 2.17. The summed E-state index contributed by atoms with van der Waals surface area (Å²) in [6.45, 7) is 2.53. The lowest BCUT2D eigenvalue weighted by atomic mass is 10.1. The second-order valence-corrected chi connectivity index (χ2v) is 8.70. The zero-order valence-electron chi connectivity index (χ0n) is 13.2. The van der Waals surface area contributed by atoms with Gasteiger partial charge in [-0.15, -0.1) is 0 Å². The van der Waals surface area contributed by atoms with Crippen LogP contribution in [0.3, 0.4) is 0 Å². The Morgan fingerprint density at radius 2 is 2.09 bits per heavy atom. The summed E-state index contributed by atoms with van der Waals surface area (Å²) in [6, 6.07) is 8.09. The van der Waals surface area contributed by atoms with Crippen LogP contribution in [0.2, 0.25) is 0 Å². The Kier molecular flexibility index (Phi) is 4.39. The Bertz CT molecular complexity index is 852. The molecule has 1 fully saturated rings. The third-order valence-corrected chi connectivity index (χ3v) is 6.26. The van der Waals surface area contributed by atoms with Crippen LogP contribution in [0.5, 0.6) is 0 Å². The van der Waals surface area contributed by atoms with E-state index in [2.05, 4.69) is 10.1 Å². The number of nitrogens with zero attached hydrogens (tertiary/aromatic N) is 3. The molecule has 0 radical (unpaired) electrons. The van der Waals surface area contributed by atoms with Crippen LogP contribution in [0.25, 0.3) is 11.4 Å². The van der Waals surface area contributed by atoms with Gasteiger partial charge in [0.2, 0.25) is 4.77 Å². The van der Waals surface area contributed by atoms with E-state index in [0.29, 0.717) is 17.9 Å². The molecule has 1 aromatic heterocycles. The van der Waals surface area contributed by atoms with Gasteiger partial charge in [-0.25, -0.2) is 13.1 Å². The van der Waals surface area contributed by atoms with Crippen molar-refractivity contribution in [2.75, 3.05) is 18.6 Å². The Hall–Kier alpha value is -1.51. The van der Waals surface area contributed by atoms with E-state index in [-0.39, 0.29) is 17.5 Å². The zero-order chi connectivity index (χ0) is 16.6. The number of rotatable bonds is 4. The average molecular weight is 352 g/mol. The van der Waals surface area contributed by atoms with Crippen LogP contribution < -0.4 is 0 Å². The lowest BCUT2D eigenvalue weighted by Gasteiger charge is -2.22. The standard InChI is InChI=1S/C15H20N4O2S2/c1-11-3-5-12(6-4-11)14-16-15(22)19(17-14)10-18(2)13-7-8-23(20,21)9-13/h3-6,13H,7-10H2,1-2H3,(H,16,17,22). The average Bonchev–Trinajstić information content (AvgIpc) is 3.03. The van der Waals surface area contributed by atoms with Gasteiger partial charge in [-0.1, -0.05) is 29.8 Å². The summed E-state index contributed by atoms with van der Waals surface area (Å²) in [4.78, 5) is 6.41. The smallest absolute Gasteiger partial charge is 0.217 e. The van der Waals surface area contributed by atoms with Crippen LogP contribution in [0.4, 0.5) is 0 Å². The second-order valence-electron chi connectivity index (χ2n) is 6.10. The lowest BCUT2D eigenvalue weighted by Crippen LogP contribution is -2.34. The van der Waals surface area contributed by atoms with Crippen molar-refractivity contribution in [3.8, 4) is 11.4 Å². The molecule has 2 aromatic rings. The maximum absolute atomic E-state index is 11.6. The molecular weight excluding hydrogens is 332 g/mol. The molecule has 8 heteroatoms. The zero-order valence-corrected chi connectivity index (χ0v) is 14.8. The van der Waals surface area contributed by atoms with E-state index in [0.717, 1.165) is 11.4 Å². The summed E-state index contributed by atoms with van der Waals surface area (Å²) in [5.74, 6) is 1.21. The minimum absolute atomic E-state index is 0.0352. The molecule has 1 aliphatic rings. The minimum Gasteiger partial charge on any atom is -0.283 e. The van der Waals surface area contributed by atoms with Crippen LogP contribution in [0, 0.1) is 11.7 Å². The lowest BCUT2D eigenvalue weighted by molar-refractivity contribution is 0.197. The van der Waals surface area contributed by atoms with E-state index in [9.17, 15) is 8.42 Å². The molecule has 6 nitrogen and oxygen atoms in total. The summed E-state index contributed by atoms with van der Waals surface area (Å²) in [5, 5.41) is 3.20. The molecule has 0 saturated carbocycles. The Morgan fingerprint density at radius 3 is 2.70 bits per heavy atom. The van der Waals surface area contributed by atoms with Crippen LogP contribution in [0.15, 0.2) is 24.3 Å². The number of hydrogen-bond acceptors (Lipinski definition) is 5. The molecule has 2 heterocycles. The highest BCUT2D eigenvalue weighted by Crippen LogP contribution is 2.18. The first-order valence-electron chi connectivity index (χ1n) is 7.48. The largest absolute Gasteiger partial charge is 0.283 e. The molecule has 1 aromatic carbocycles. The van der Waals surface area contributed by atoms with E-state index >= 15 is 0 Å². The summed E-state index contributed by atoms with van der Waals surface area (Å²) in [7, 11) is -0.971. The first kappa shape index (κ1) is 16.4. The minimum atomic E-state index is -2.89. The number of aromatic nitrogens is 3. The van der Waals surface area contributed by atoms with Crippen molar-refractivity contribution in [3.05, 3.63) is 34.6 Å². The van der Waals surface area contributed by atoms with Crippen molar-refractivity contribution in [1.29, 1.82) is 0 Å². The molecule has 124 valence electrons. The van der Waals surface area contributed by atoms with Gasteiger partial charge in [-0.2, -0.15) is 4.98 Å². The Morgan fingerprint density at radius 1 is 1.39 bits per heavy atom. The van der Waals surface area contributed by atoms with Gasteiger partial charge >= 0.3 is 0 Å². The van der Waals surface area contributed by atoms with Gasteiger partial charge in [0.15, 0.2) is 15.7 Å². The SMILES string of the molecule is Cc1ccc(-c2nc(=S)n(CN(C)C3CCS(=O)(=O)C3)[nH]2)cc1. The van der Waals surface area contributed by atoms with E-state index in [1.54, 1.807) is 4.68 Å². The molecule has 1 N–H and O–H groups in total. The summed E-state index contributed by atoms with van der Waals surface area (Å²) in [6.07, 6.45) is 0.672. The van der Waals surface area contributed by atoms with Crippen LogP contribution in [-0.4, -0.2) is 52.7 Å². The third kappa shape index (κ3) is 3.70. The topological polar surface area (TPSA) is 71.0 Å². The molecule has 0 spiro atoms. The quantitative estimate of drug-likeness (QED) is 0.852. The van der Waals surface area contributed by atoms with Gasteiger partial charge in [0.1, 0.15) is 0 Å². The van der Waals surface area contributed by atoms with Crippen molar-refractivity contribution < 1.29 is 8.42 Å². The van der Waals surface area contributed by atoms with Crippen LogP contribution >= 0.6 is 12.2 Å². The molecule has 0 amide bonds. The van der Waals surface area contributed by atoms with Gasteiger partial charge in [-0.05, 0) is 32.6 Å². The predicted octanol–water partition coefficient (Wildman–Crippen LogP) is 1.99. The Balaban J connectivity index is 1.76. The molecule has 3 rings (SSSR count). The van der Waals surface area contributed by atoms with Crippen molar-refractivity contribution in [2.24, 2.45) is 0 Å². The molecule has 1 aliphatic heterocycles. The first-order valence-corrected chi connectivity index (χ1v) is 9.71. The van der Waals surface area contributed by atoms with Gasteiger partial charge in [-0.3, -0.25) is 10.00 Å². The van der Waals surface area contributed by atoms with E-state index in [1.165, 1.54) is 5.56 Å².